The monoisotopic (exact) mass is 802 g/mol. The van der Waals surface area contributed by atoms with Crippen molar-refractivity contribution in [1.82, 2.24) is 0 Å². The molecule has 0 heterocycles. The molecular formula is C45H88NO8P. The summed E-state index contributed by atoms with van der Waals surface area (Å²) in [6.07, 6.45) is 39.5. The van der Waals surface area contributed by atoms with Crippen LogP contribution in [0.15, 0.2) is 12.2 Å². The average molecular weight is 802 g/mol. The van der Waals surface area contributed by atoms with Crippen LogP contribution in [0.1, 0.15) is 213 Å². The van der Waals surface area contributed by atoms with E-state index in [0.29, 0.717) is 17.4 Å². The molecule has 0 aromatic rings. The molecule has 0 fully saturated rings. The SMILES string of the molecule is CCCCCCCCCC/C=C\CCCCCCCCCC(=O)O[C@H](COC(=O)CCCCCCCCCCCCCC)COP(=O)([O-])OCC[N+](C)(C)C. The third-order valence-electron chi connectivity index (χ3n) is 10.0. The van der Waals surface area contributed by atoms with Gasteiger partial charge in [0.25, 0.3) is 7.82 Å². The van der Waals surface area contributed by atoms with E-state index >= 15 is 0 Å². The molecular weight excluding hydrogens is 713 g/mol. The molecule has 0 N–H and O–H groups in total. The molecule has 9 nitrogen and oxygen atoms in total. The zero-order chi connectivity index (χ0) is 40.7. The molecule has 0 spiro atoms. The molecule has 0 rings (SSSR count). The molecule has 0 saturated heterocycles. The van der Waals surface area contributed by atoms with Crippen LogP contribution in [0.4, 0.5) is 0 Å². The summed E-state index contributed by atoms with van der Waals surface area (Å²) in [5.74, 6) is -0.830. The quantitative estimate of drug-likeness (QED) is 0.0197. The predicted molar refractivity (Wildman–Crippen MR) is 227 cm³/mol. The average Bonchev–Trinajstić information content (AvgIpc) is 3.13. The second-order valence-corrected chi connectivity index (χ2v) is 18.2. The maximum Gasteiger partial charge on any atom is 0.306 e. The van der Waals surface area contributed by atoms with Crippen molar-refractivity contribution in [1.29, 1.82) is 0 Å². The second-order valence-electron chi connectivity index (χ2n) is 16.8. The van der Waals surface area contributed by atoms with E-state index in [2.05, 4.69) is 26.0 Å². The highest BCUT2D eigenvalue weighted by molar-refractivity contribution is 7.45. The Hall–Kier alpha value is -1.25. The van der Waals surface area contributed by atoms with Gasteiger partial charge in [0.15, 0.2) is 6.10 Å². The summed E-state index contributed by atoms with van der Waals surface area (Å²) in [5, 5.41) is 0. The van der Waals surface area contributed by atoms with Crippen molar-refractivity contribution < 1.29 is 42.1 Å². The molecule has 10 heteroatoms. The van der Waals surface area contributed by atoms with Gasteiger partial charge in [0, 0.05) is 12.8 Å². The van der Waals surface area contributed by atoms with Crippen molar-refractivity contribution in [2.75, 3.05) is 47.5 Å². The highest BCUT2D eigenvalue weighted by Crippen LogP contribution is 2.38. The molecule has 0 aliphatic carbocycles. The van der Waals surface area contributed by atoms with Gasteiger partial charge in [0.2, 0.25) is 0 Å². The Morgan fingerprint density at radius 1 is 0.545 bits per heavy atom. The first-order valence-electron chi connectivity index (χ1n) is 22.9. The number of phosphoric ester groups is 1. The van der Waals surface area contributed by atoms with Crippen LogP contribution in [0.3, 0.4) is 0 Å². The number of carbonyl (C=O) groups is 2. The van der Waals surface area contributed by atoms with Crippen LogP contribution in [-0.4, -0.2) is 70.0 Å². The van der Waals surface area contributed by atoms with Gasteiger partial charge in [-0.3, -0.25) is 14.2 Å². The number of likely N-dealkylation sites (N-methyl/N-ethyl adjacent to an activating group) is 1. The van der Waals surface area contributed by atoms with Gasteiger partial charge < -0.3 is 27.9 Å². The first-order chi connectivity index (χ1) is 26.5. The fourth-order valence-electron chi connectivity index (χ4n) is 6.41. The van der Waals surface area contributed by atoms with E-state index in [9.17, 15) is 19.0 Å². The summed E-state index contributed by atoms with van der Waals surface area (Å²) in [5.41, 5.74) is 0. The normalized spacial score (nSPS) is 13.6. The van der Waals surface area contributed by atoms with Gasteiger partial charge >= 0.3 is 11.9 Å². The standard InChI is InChI=1S/C45H88NO8P/c1-6-8-10-12-14-16-18-20-21-22-23-24-25-26-28-30-32-34-36-38-45(48)54-43(42-53-55(49,50)52-40-39-46(3,4)5)41-51-44(47)37-35-33-31-29-27-19-17-15-13-11-9-7-2/h22-23,43H,6-21,24-42H2,1-5H3/b23-22-/t43-/m1/s1. The molecule has 0 amide bonds. The Morgan fingerprint density at radius 2 is 0.927 bits per heavy atom. The molecule has 0 aromatic heterocycles. The fourth-order valence-corrected chi connectivity index (χ4v) is 7.14. The van der Waals surface area contributed by atoms with E-state index in [1.54, 1.807) is 0 Å². The predicted octanol–water partition coefficient (Wildman–Crippen LogP) is 12.3. The Morgan fingerprint density at radius 3 is 1.35 bits per heavy atom. The van der Waals surface area contributed by atoms with Crippen LogP contribution in [0.25, 0.3) is 0 Å². The molecule has 0 aliphatic heterocycles. The third kappa shape index (κ3) is 42.2. The van der Waals surface area contributed by atoms with Crippen molar-refractivity contribution >= 4 is 19.8 Å². The van der Waals surface area contributed by atoms with Gasteiger partial charge in [-0.15, -0.1) is 0 Å². The zero-order valence-electron chi connectivity index (χ0n) is 36.6. The number of allylic oxidation sites excluding steroid dienone is 2. The lowest BCUT2D eigenvalue weighted by Gasteiger charge is -2.28. The number of hydrogen-bond donors (Lipinski definition) is 0. The molecule has 1 unspecified atom stereocenters. The van der Waals surface area contributed by atoms with Crippen molar-refractivity contribution in [3.05, 3.63) is 12.2 Å². The number of quaternary nitrogens is 1. The van der Waals surface area contributed by atoms with E-state index in [-0.39, 0.29) is 32.0 Å². The van der Waals surface area contributed by atoms with Crippen molar-refractivity contribution in [2.45, 2.75) is 219 Å². The number of nitrogens with zero attached hydrogens (tertiary/aromatic N) is 1. The van der Waals surface area contributed by atoms with Crippen LogP contribution in [-0.2, 0) is 32.7 Å². The minimum Gasteiger partial charge on any atom is -0.756 e. The van der Waals surface area contributed by atoms with Crippen LogP contribution < -0.4 is 4.89 Å². The first kappa shape index (κ1) is 53.8. The molecule has 0 radical (unpaired) electrons. The van der Waals surface area contributed by atoms with Crippen molar-refractivity contribution in [3.63, 3.8) is 0 Å². The van der Waals surface area contributed by atoms with Crippen molar-refractivity contribution in [3.8, 4) is 0 Å². The van der Waals surface area contributed by atoms with E-state index < -0.39 is 26.5 Å². The first-order valence-corrected chi connectivity index (χ1v) is 24.4. The lowest BCUT2D eigenvalue weighted by Crippen LogP contribution is -2.37. The summed E-state index contributed by atoms with van der Waals surface area (Å²) >= 11 is 0. The molecule has 2 atom stereocenters. The van der Waals surface area contributed by atoms with Gasteiger partial charge in [-0.1, -0.05) is 174 Å². The summed E-state index contributed by atoms with van der Waals surface area (Å²) in [7, 11) is 1.17. The number of esters is 2. The zero-order valence-corrected chi connectivity index (χ0v) is 37.5. The number of unbranched alkanes of at least 4 members (excludes halogenated alkanes) is 26. The van der Waals surface area contributed by atoms with Crippen LogP contribution in [0, 0.1) is 0 Å². The third-order valence-corrected chi connectivity index (χ3v) is 11.0. The number of hydrogen-bond acceptors (Lipinski definition) is 8. The molecule has 0 saturated carbocycles. The second kappa shape index (κ2) is 38.3. The number of ether oxygens (including phenoxy) is 2. The minimum absolute atomic E-state index is 0.0286. The van der Waals surface area contributed by atoms with Gasteiger partial charge in [-0.25, -0.2) is 0 Å². The Bertz CT molecular complexity index is 954. The Kier molecular flexibility index (Phi) is 37.4. The number of carbonyl (C=O) groups excluding carboxylic acids is 2. The maximum atomic E-state index is 12.7. The Balaban J connectivity index is 4.29. The summed E-state index contributed by atoms with van der Waals surface area (Å²) in [6.45, 7) is 4.24. The van der Waals surface area contributed by atoms with E-state index in [1.807, 2.05) is 21.1 Å². The summed E-state index contributed by atoms with van der Waals surface area (Å²) < 4.78 is 33.9. The highest BCUT2D eigenvalue weighted by Gasteiger charge is 2.21. The van der Waals surface area contributed by atoms with Crippen molar-refractivity contribution in [2.24, 2.45) is 0 Å². The summed E-state index contributed by atoms with van der Waals surface area (Å²) in [4.78, 5) is 37.5. The van der Waals surface area contributed by atoms with Gasteiger partial charge in [-0.05, 0) is 38.5 Å². The molecule has 326 valence electrons. The minimum atomic E-state index is -4.62. The fraction of sp³-hybridized carbons (Fsp3) is 0.911. The number of rotatable bonds is 42. The molecule has 0 aromatic carbocycles. The number of phosphoric acid groups is 1. The highest BCUT2D eigenvalue weighted by atomic mass is 31.2. The van der Waals surface area contributed by atoms with Gasteiger partial charge in [-0.2, -0.15) is 0 Å². The topological polar surface area (TPSA) is 111 Å². The van der Waals surface area contributed by atoms with Gasteiger partial charge in [0.1, 0.15) is 19.8 Å². The smallest absolute Gasteiger partial charge is 0.306 e. The van der Waals surface area contributed by atoms with E-state index in [1.165, 1.54) is 135 Å². The molecule has 0 aliphatic rings. The largest absolute Gasteiger partial charge is 0.756 e. The van der Waals surface area contributed by atoms with Gasteiger partial charge in [0.05, 0.1) is 27.7 Å². The summed E-state index contributed by atoms with van der Waals surface area (Å²) in [6, 6.07) is 0. The lowest BCUT2D eigenvalue weighted by atomic mass is 10.0. The Labute approximate surface area is 339 Å². The van der Waals surface area contributed by atoms with Crippen LogP contribution >= 0.6 is 7.82 Å². The van der Waals surface area contributed by atoms with Crippen LogP contribution in [0.2, 0.25) is 0 Å². The molecule has 0 bridgehead atoms. The lowest BCUT2D eigenvalue weighted by molar-refractivity contribution is -0.870. The molecule has 55 heavy (non-hydrogen) atoms. The van der Waals surface area contributed by atoms with E-state index in [4.69, 9.17) is 18.5 Å². The maximum absolute atomic E-state index is 12.7. The van der Waals surface area contributed by atoms with Crippen LogP contribution in [0.5, 0.6) is 0 Å². The van der Waals surface area contributed by atoms with E-state index in [0.717, 1.165) is 44.9 Å².